The molecule has 74 valence electrons. The van der Waals surface area contributed by atoms with Gasteiger partial charge in [0.2, 0.25) is 0 Å². The predicted octanol–water partition coefficient (Wildman–Crippen LogP) is 2.23. The van der Waals surface area contributed by atoms with Gasteiger partial charge in [-0.05, 0) is 30.2 Å². The second-order valence-corrected chi connectivity index (χ2v) is 3.93. The van der Waals surface area contributed by atoms with Crippen molar-refractivity contribution in [3.05, 3.63) is 28.8 Å². The average Bonchev–Trinajstić information content (AvgIpc) is 2.88. The number of carboxylic acids is 1. The number of hydrogen-bond donors (Lipinski definition) is 2. The molecule has 0 spiro atoms. The number of benzene rings is 1. The number of rotatable bonds is 2. The van der Waals surface area contributed by atoms with E-state index < -0.39 is 5.97 Å². The third-order valence-electron chi connectivity index (χ3n) is 2.50. The van der Waals surface area contributed by atoms with Crippen LogP contribution in [-0.2, 0) is 4.79 Å². The van der Waals surface area contributed by atoms with Crippen LogP contribution in [0.1, 0.15) is 17.9 Å². The van der Waals surface area contributed by atoms with Gasteiger partial charge in [-0.25, -0.2) is 0 Å². The number of halogens is 1. The summed E-state index contributed by atoms with van der Waals surface area (Å²) in [4.78, 5) is 10.6. The number of aromatic hydroxyl groups is 1. The van der Waals surface area contributed by atoms with Crippen LogP contribution in [0.5, 0.6) is 5.75 Å². The van der Waals surface area contributed by atoms with Crippen LogP contribution in [0.3, 0.4) is 0 Å². The van der Waals surface area contributed by atoms with Crippen molar-refractivity contribution < 1.29 is 15.0 Å². The lowest BCUT2D eigenvalue weighted by Crippen LogP contribution is -1.98. The zero-order valence-corrected chi connectivity index (χ0v) is 8.03. The lowest BCUT2D eigenvalue weighted by molar-refractivity contribution is -0.138. The first-order chi connectivity index (χ1) is 6.59. The summed E-state index contributed by atoms with van der Waals surface area (Å²) in [5, 5.41) is 18.7. The molecular formula is C10H9ClO3. The van der Waals surface area contributed by atoms with Gasteiger partial charge in [-0.1, -0.05) is 11.6 Å². The monoisotopic (exact) mass is 212 g/mol. The molecule has 14 heavy (non-hydrogen) atoms. The highest BCUT2D eigenvalue weighted by Crippen LogP contribution is 2.50. The molecule has 1 saturated carbocycles. The number of phenolic OH excluding ortho intramolecular Hbond substituents is 1. The van der Waals surface area contributed by atoms with E-state index >= 15 is 0 Å². The Labute approximate surface area is 85.9 Å². The van der Waals surface area contributed by atoms with Crippen LogP contribution in [0.2, 0.25) is 5.02 Å². The topological polar surface area (TPSA) is 57.5 Å². The molecule has 1 fully saturated rings. The Kier molecular flexibility index (Phi) is 2.11. The molecule has 3 nitrogen and oxygen atoms in total. The summed E-state index contributed by atoms with van der Waals surface area (Å²) in [6.45, 7) is 0. The molecule has 1 aliphatic carbocycles. The number of phenols is 1. The summed E-state index contributed by atoms with van der Waals surface area (Å²) in [5.74, 6) is -1.12. The van der Waals surface area contributed by atoms with Crippen molar-refractivity contribution in [2.75, 3.05) is 0 Å². The Bertz CT molecular complexity index is 389. The molecule has 0 bridgehead atoms. The zero-order valence-electron chi connectivity index (χ0n) is 7.27. The second-order valence-electron chi connectivity index (χ2n) is 3.49. The Morgan fingerprint density at radius 1 is 1.50 bits per heavy atom. The van der Waals surface area contributed by atoms with E-state index in [1.807, 2.05) is 0 Å². The molecule has 0 radical (unpaired) electrons. The fourth-order valence-electron chi connectivity index (χ4n) is 1.63. The first-order valence-corrected chi connectivity index (χ1v) is 4.68. The van der Waals surface area contributed by atoms with Crippen molar-refractivity contribution in [1.29, 1.82) is 0 Å². The molecule has 0 aromatic heterocycles. The van der Waals surface area contributed by atoms with Gasteiger partial charge in [-0.15, -0.1) is 0 Å². The van der Waals surface area contributed by atoms with Gasteiger partial charge in [0.05, 0.1) is 5.92 Å². The Morgan fingerprint density at radius 2 is 2.21 bits per heavy atom. The van der Waals surface area contributed by atoms with Gasteiger partial charge in [-0.3, -0.25) is 4.79 Å². The molecule has 2 atom stereocenters. The van der Waals surface area contributed by atoms with E-state index in [1.54, 1.807) is 12.1 Å². The first-order valence-electron chi connectivity index (χ1n) is 4.31. The maximum absolute atomic E-state index is 10.6. The summed E-state index contributed by atoms with van der Waals surface area (Å²) in [7, 11) is 0. The molecule has 0 amide bonds. The summed E-state index contributed by atoms with van der Waals surface area (Å²) >= 11 is 5.76. The summed E-state index contributed by atoms with van der Waals surface area (Å²) < 4.78 is 0. The predicted molar refractivity (Wildman–Crippen MR) is 51.6 cm³/mol. The lowest BCUT2D eigenvalue weighted by atomic mass is 10.1. The molecule has 1 aromatic rings. The molecule has 4 heteroatoms. The minimum Gasteiger partial charge on any atom is -0.508 e. The van der Waals surface area contributed by atoms with Crippen molar-refractivity contribution in [2.45, 2.75) is 12.3 Å². The fraction of sp³-hybridized carbons (Fsp3) is 0.300. The highest BCUT2D eigenvalue weighted by molar-refractivity contribution is 6.30. The SMILES string of the molecule is O=C(O)[C@@H]1C[C@H]1c1cc(Cl)ccc1O. The van der Waals surface area contributed by atoms with Crippen LogP contribution < -0.4 is 0 Å². The number of carbonyl (C=O) groups is 1. The normalized spacial score (nSPS) is 24.6. The van der Waals surface area contributed by atoms with Crippen LogP contribution in [0.15, 0.2) is 18.2 Å². The van der Waals surface area contributed by atoms with Crippen LogP contribution in [-0.4, -0.2) is 16.2 Å². The van der Waals surface area contributed by atoms with E-state index in [4.69, 9.17) is 16.7 Å². The van der Waals surface area contributed by atoms with E-state index in [-0.39, 0.29) is 17.6 Å². The number of carboxylic acid groups (broad SMARTS) is 1. The summed E-state index contributed by atoms with van der Waals surface area (Å²) in [6.07, 6.45) is 0.587. The third kappa shape index (κ3) is 1.55. The van der Waals surface area contributed by atoms with Crippen molar-refractivity contribution in [3.63, 3.8) is 0 Å². The van der Waals surface area contributed by atoms with Crippen LogP contribution in [0.4, 0.5) is 0 Å². The highest BCUT2D eigenvalue weighted by atomic mass is 35.5. The standard InChI is InChI=1S/C10H9ClO3/c11-5-1-2-9(12)7(3-5)6-4-8(6)10(13)14/h1-3,6,8,12H,4H2,(H,13,14)/t6-,8+/m0/s1. The maximum atomic E-state index is 10.6. The maximum Gasteiger partial charge on any atom is 0.307 e. The molecule has 2 N–H and O–H groups in total. The van der Waals surface area contributed by atoms with Gasteiger partial charge in [-0.2, -0.15) is 0 Å². The molecule has 1 aliphatic rings. The molecule has 0 unspecified atom stereocenters. The van der Waals surface area contributed by atoms with Crippen molar-refractivity contribution >= 4 is 17.6 Å². The van der Waals surface area contributed by atoms with Gasteiger partial charge in [0.1, 0.15) is 5.75 Å². The number of aliphatic carboxylic acids is 1. The van der Waals surface area contributed by atoms with E-state index in [9.17, 15) is 9.90 Å². The summed E-state index contributed by atoms with van der Waals surface area (Å²) in [6, 6.07) is 4.71. The smallest absolute Gasteiger partial charge is 0.307 e. The third-order valence-corrected chi connectivity index (χ3v) is 2.73. The fourth-order valence-corrected chi connectivity index (χ4v) is 1.81. The lowest BCUT2D eigenvalue weighted by Gasteiger charge is -2.02. The molecule has 1 aromatic carbocycles. The zero-order chi connectivity index (χ0) is 10.3. The minimum absolute atomic E-state index is 0.0776. The first kappa shape index (κ1) is 9.34. The number of hydrogen-bond acceptors (Lipinski definition) is 2. The van der Waals surface area contributed by atoms with E-state index in [1.165, 1.54) is 6.07 Å². The quantitative estimate of drug-likeness (QED) is 0.791. The van der Waals surface area contributed by atoms with E-state index in [0.717, 1.165) is 0 Å². The molecule has 2 rings (SSSR count). The Balaban J connectivity index is 2.26. The van der Waals surface area contributed by atoms with Gasteiger partial charge in [0, 0.05) is 10.9 Å². The Hall–Kier alpha value is -1.22. The minimum atomic E-state index is -0.811. The van der Waals surface area contributed by atoms with Crippen molar-refractivity contribution in [2.24, 2.45) is 5.92 Å². The van der Waals surface area contributed by atoms with Gasteiger partial charge < -0.3 is 10.2 Å². The van der Waals surface area contributed by atoms with Gasteiger partial charge in [0.25, 0.3) is 0 Å². The molecular weight excluding hydrogens is 204 g/mol. The molecule has 0 aliphatic heterocycles. The van der Waals surface area contributed by atoms with Crippen molar-refractivity contribution in [1.82, 2.24) is 0 Å². The van der Waals surface area contributed by atoms with Gasteiger partial charge in [0.15, 0.2) is 0 Å². The van der Waals surface area contributed by atoms with Crippen LogP contribution in [0.25, 0.3) is 0 Å². The average molecular weight is 213 g/mol. The van der Waals surface area contributed by atoms with E-state index in [0.29, 0.717) is 17.0 Å². The summed E-state index contributed by atoms with van der Waals surface area (Å²) in [5.41, 5.74) is 0.643. The Morgan fingerprint density at radius 3 is 2.79 bits per heavy atom. The van der Waals surface area contributed by atoms with E-state index in [2.05, 4.69) is 0 Å². The molecule has 0 saturated heterocycles. The van der Waals surface area contributed by atoms with Crippen LogP contribution >= 0.6 is 11.6 Å². The largest absolute Gasteiger partial charge is 0.508 e. The molecule has 0 heterocycles. The van der Waals surface area contributed by atoms with Gasteiger partial charge >= 0.3 is 5.97 Å². The highest BCUT2D eigenvalue weighted by Gasteiger charge is 2.45. The van der Waals surface area contributed by atoms with Crippen molar-refractivity contribution in [3.8, 4) is 5.75 Å². The van der Waals surface area contributed by atoms with Crippen LogP contribution in [0, 0.1) is 5.92 Å². The second kappa shape index (κ2) is 3.17.